The molecule has 1 N–H and O–H groups in total. The largest absolute Gasteiger partial charge is 0.489 e. The van der Waals surface area contributed by atoms with E-state index >= 15 is 0 Å². The number of methoxy groups -OCH3 is 1. The van der Waals surface area contributed by atoms with Gasteiger partial charge in [0.15, 0.2) is 0 Å². The molecule has 0 amide bonds. The second-order valence-electron chi connectivity index (χ2n) is 3.52. The van der Waals surface area contributed by atoms with E-state index in [1.165, 1.54) is 0 Å². The topological polar surface area (TPSA) is 30.5 Å². The zero-order valence-electron chi connectivity index (χ0n) is 10.0. The van der Waals surface area contributed by atoms with E-state index in [2.05, 4.69) is 33.9 Å². The maximum absolute atomic E-state index is 5.59. The number of halogens is 1. The van der Waals surface area contributed by atoms with Gasteiger partial charge in [-0.15, -0.1) is 0 Å². The molecule has 0 bridgehead atoms. The number of rotatable bonds is 8. The maximum atomic E-state index is 5.59. The van der Waals surface area contributed by atoms with Gasteiger partial charge in [0.05, 0.1) is 6.61 Å². The number of benzene rings is 1. The van der Waals surface area contributed by atoms with Crippen molar-refractivity contribution in [3.8, 4) is 5.75 Å². The molecule has 1 rings (SSSR count). The lowest BCUT2D eigenvalue weighted by molar-refractivity contribution is 0.199. The Balaban J connectivity index is 2.59. The predicted molar refractivity (Wildman–Crippen MR) is 73.4 cm³/mol. The molecule has 0 radical (unpaired) electrons. The van der Waals surface area contributed by atoms with Crippen LogP contribution in [0.15, 0.2) is 35.3 Å². The minimum atomic E-state index is 0.521. The van der Waals surface area contributed by atoms with Crippen LogP contribution in [-0.2, 0) is 11.3 Å². The first-order chi connectivity index (χ1) is 8.27. The van der Waals surface area contributed by atoms with E-state index < -0.39 is 0 Å². The highest BCUT2D eigenvalue weighted by Crippen LogP contribution is 2.23. The molecule has 4 heteroatoms. The molecule has 17 heavy (non-hydrogen) atoms. The molecule has 0 aliphatic heterocycles. The lowest BCUT2D eigenvalue weighted by Crippen LogP contribution is -2.19. The summed E-state index contributed by atoms with van der Waals surface area (Å²) < 4.78 is 11.6. The minimum Gasteiger partial charge on any atom is -0.489 e. The van der Waals surface area contributed by atoms with Crippen LogP contribution in [0, 0.1) is 0 Å². The van der Waals surface area contributed by atoms with Crippen LogP contribution in [0.2, 0.25) is 0 Å². The minimum absolute atomic E-state index is 0.521. The van der Waals surface area contributed by atoms with Crippen molar-refractivity contribution in [1.29, 1.82) is 0 Å². The van der Waals surface area contributed by atoms with Crippen LogP contribution >= 0.6 is 15.9 Å². The first-order valence-corrected chi connectivity index (χ1v) is 6.29. The highest BCUT2D eigenvalue weighted by Gasteiger charge is 2.03. The van der Waals surface area contributed by atoms with Gasteiger partial charge in [-0.25, -0.2) is 0 Å². The predicted octanol–water partition coefficient (Wildman–Crippen LogP) is 2.75. The lowest BCUT2D eigenvalue weighted by atomic mass is 10.2. The first kappa shape index (κ1) is 14.2. The highest BCUT2D eigenvalue weighted by atomic mass is 79.9. The van der Waals surface area contributed by atoms with E-state index in [1.54, 1.807) is 13.2 Å². The third kappa shape index (κ3) is 5.35. The van der Waals surface area contributed by atoms with Gasteiger partial charge in [-0.3, -0.25) is 0 Å². The van der Waals surface area contributed by atoms with Crippen molar-refractivity contribution in [2.75, 3.05) is 26.9 Å². The summed E-state index contributed by atoms with van der Waals surface area (Å²) in [6, 6.07) is 5.98. The number of hydrogen-bond acceptors (Lipinski definition) is 3. The van der Waals surface area contributed by atoms with Crippen molar-refractivity contribution in [2.45, 2.75) is 6.54 Å². The van der Waals surface area contributed by atoms with Gasteiger partial charge in [-0.05, 0) is 18.2 Å². The summed E-state index contributed by atoms with van der Waals surface area (Å²) in [5.41, 5.74) is 1.12. The van der Waals surface area contributed by atoms with Crippen molar-refractivity contribution in [2.24, 2.45) is 0 Å². The van der Waals surface area contributed by atoms with E-state index in [-0.39, 0.29) is 0 Å². The Kier molecular flexibility index (Phi) is 6.93. The summed E-state index contributed by atoms with van der Waals surface area (Å²) >= 11 is 3.46. The van der Waals surface area contributed by atoms with E-state index in [1.807, 2.05) is 12.1 Å². The first-order valence-electron chi connectivity index (χ1n) is 5.49. The Bertz CT molecular complexity index is 355. The fourth-order valence-electron chi connectivity index (χ4n) is 1.37. The van der Waals surface area contributed by atoms with E-state index in [4.69, 9.17) is 9.47 Å². The molecule has 3 nitrogen and oxygen atoms in total. The Morgan fingerprint density at radius 3 is 3.00 bits per heavy atom. The van der Waals surface area contributed by atoms with E-state index in [0.29, 0.717) is 13.2 Å². The summed E-state index contributed by atoms with van der Waals surface area (Å²) in [5, 5.41) is 3.29. The second kappa shape index (κ2) is 8.28. The van der Waals surface area contributed by atoms with Gasteiger partial charge in [0.1, 0.15) is 12.4 Å². The molecule has 0 spiro atoms. The zero-order valence-corrected chi connectivity index (χ0v) is 11.6. The summed E-state index contributed by atoms with van der Waals surface area (Å²) in [5.74, 6) is 0.887. The Labute approximate surface area is 111 Å². The monoisotopic (exact) mass is 299 g/mol. The van der Waals surface area contributed by atoms with Gasteiger partial charge in [0.25, 0.3) is 0 Å². The molecule has 0 saturated heterocycles. The standard InChI is InChI=1S/C13H18BrNO2/c1-3-7-17-13-5-4-12(14)9-11(13)10-15-6-8-16-2/h3-5,9,15H,1,6-8,10H2,2H3. The van der Waals surface area contributed by atoms with Gasteiger partial charge in [-0.2, -0.15) is 0 Å². The van der Waals surface area contributed by atoms with Crippen molar-refractivity contribution in [3.63, 3.8) is 0 Å². The van der Waals surface area contributed by atoms with Crippen molar-refractivity contribution in [1.82, 2.24) is 5.32 Å². The quantitative estimate of drug-likeness (QED) is 0.591. The van der Waals surface area contributed by atoms with Crippen molar-refractivity contribution < 1.29 is 9.47 Å². The van der Waals surface area contributed by atoms with E-state index in [0.717, 1.165) is 28.9 Å². The zero-order chi connectivity index (χ0) is 12.5. The molecule has 94 valence electrons. The van der Waals surface area contributed by atoms with Gasteiger partial charge >= 0.3 is 0 Å². The molecule has 0 aliphatic carbocycles. The van der Waals surface area contributed by atoms with Gasteiger partial charge in [0, 0.05) is 30.2 Å². The summed E-state index contributed by atoms with van der Waals surface area (Å²) in [4.78, 5) is 0. The molecule has 0 fully saturated rings. The van der Waals surface area contributed by atoms with Crippen LogP contribution in [0.4, 0.5) is 0 Å². The average Bonchev–Trinajstić information content (AvgIpc) is 2.33. The highest BCUT2D eigenvalue weighted by molar-refractivity contribution is 9.10. The molecule has 0 saturated carbocycles. The van der Waals surface area contributed by atoms with Crippen LogP contribution in [-0.4, -0.2) is 26.9 Å². The SMILES string of the molecule is C=CCOc1ccc(Br)cc1CNCCOC. The molecular formula is C13H18BrNO2. The molecule has 0 heterocycles. The van der Waals surface area contributed by atoms with Crippen LogP contribution in [0.5, 0.6) is 5.75 Å². The van der Waals surface area contributed by atoms with Crippen LogP contribution in [0.3, 0.4) is 0 Å². The smallest absolute Gasteiger partial charge is 0.124 e. The van der Waals surface area contributed by atoms with Gasteiger partial charge in [-0.1, -0.05) is 28.6 Å². The van der Waals surface area contributed by atoms with Crippen LogP contribution in [0.25, 0.3) is 0 Å². The summed E-state index contributed by atoms with van der Waals surface area (Å²) in [6.07, 6.45) is 1.74. The summed E-state index contributed by atoms with van der Waals surface area (Å²) in [7, 11) is 1.69. The third-order valence-electron chi connectivity index (χ3n) is 2.18. The Morgan fingerprint density at radius 2 is 2.29 bits per heavy atom. The number of hydrogen-bond donors (Lipinski definition) is 1. The average molecular weight is 300 g/mol. The van der Waals surface area contributed by atoms with Gasteiger partial charge in [0.2, 0.25) is 0 Å². The van der Waals surface area contributed by atoms with Crippen molar-refractivity contribution in [3.05, 3.63) is 40.9 Å². The lowest BCUT2D eigenvalue weighted by Gasteiger charge is -2.11. The van der Waals surface area contributed by atoms with E-state index in [9.17, 15) is 0 Å². The maximum Gasteiger partial charge on any atom is 0.124 e. The van der Waals surface area contributed by atoms with Crippen LogP contribution in [0.1, 0.15) is 5.56 Å². The molecular weight excluding hydrogens is 282 g/mol. The molecule has 0 unspecified atom stereocenters. The number of nitrogens with one attached hydrogen (secondary N) is 1. The number of ether oxygens (including phenoxy) is 2. The molecule has 0 aliphatic rings. The fraction of sp³-hybridized carbons (Fsp3) is 0.385. The second-order valence-corrected chi connectivity index (χ2v) is 4.44. The Hall–Kier alpha value is -0.840. The molecule has 1 aromatic rings. The fourth-order valence-corrected chi connectivity index (χ4v) is 1.78. The third-order valence-corrected chi connectivity index (χ3v) is 2.67. The molecule has 0 atom stereocenters. The molecule has 0 aromatic heterocycles. The van der Waals surface area contributed by atoms with Gasteiger partial charge < -0.3 is 14.8 Å². The Morgan fingerprint density at radius 1 is 1.47 bits per heavy atom. The normalized spacial score (nSPS) is 10.2. The van der Waals surface area contributed by atoms with Crippen LogP contribution < -0.4 is 10.1 Å². The van der Waals surface area contributed by atoms with Crippen molar-refractivity contribution >= 4 is 15.9 Å². The molecule has 1 aromatic carbocycles. The summed E-state index contributed by atoms with van der Waals surface area (Å²) in [6.45, 7) is 6.45.